The summed E-state index contributed by atoms with van der Waals surface area (Å²) < 4.78 is 12.8. The monoisotopic (exact) mass is 222 g/mol. The van der Waals surface area contributed by atoms with Crippen LogP contribution in [0.5, 0.6) is 0 Å². The van der Waals surface area contributed by atoms with Crippen LogP contribution in [0.1, 0.15) is 37.7 Å². The summed E-state index contributed by atoms with van der Waals surface area (Å²) in [6, 6.07) is 6.60. The van der Waals surface area contributed by atoms with E-state index in [0.29, 0.717) is 6.42 Å². The minimum atomic E-state index is -0.741. The number of carboxylic acid groups (broad SMARTS) is 1. The number of hydrogen-bond donors (Lipinski definition) is 1. The highest BCUT2D eigenvalue weighted by Gasteiger charge is 2.43. The number of carbonyl (C=O) groups is 1. The maximum Gasteiger partial charge on any atom is 0.303 e. The van der Waals surface area contributed by atoms with E-state index in [2.05, 4.69) is 0 Å². The highest BCUT2D eigenvalue weighted by atomic mass is 19.1. The molecular weight excluding hydrogens is 207 g/mol. The fourth-order valence-corrected chi connectivity index (χ4v) is 2.22. The van der Waals surface area contributed by atoms with Gasteiger partial charge in [-0.05, 0) is 48.8 Å². The van der Waals surface area contributed by atoms with Gasteiger partial charge in [0.15, 0.2) is 0 Å². The molecule has 16 heavy (non-hydrogen) atoms. The van der Waals surface area contributed by atoms with E-state index in [9.17, 15) is 9.18 Å². The molecule has 0 radical (unpaired) electrons. The lowest BCUT2D eigenvalue weighted by atomic mass is 9.90. The first-order valence-electron chi connectivity index (χ1n) is 5.60. The first kappa shape index (κ1) is 11.1. The van der Waals surface area contributed by atoms with Gasteiger partial charge >= 0.3 is 5.97 Å². The SMILES string of the molecule is O=C(O)CCCC1(c2ccc(F)cc2)CC1. The van der Waals surface area contributed by atoms with Crippen LogP contribution in [0.15, 0.2) is 24.3 Å². The lowest BCUT2D eigenvalue weighted by Gasteiger charge is -2.14. The Bertz CT molecular complexity index is 379. The molecule has 1 aromatic carbocycles. The molecule has 1 aliphatic carbocycles. The van der Waals surface area contributed by atoms with Gasteiger partial charge in [-0.2, -0.15) is 0 Å². The summed E-state index contributed by atoms with van der Waals surface area (Å²) in [5, 5.41) is 8.59. The van der Waals surface area contributed by atoms with E-state index >= 15 is 0 Å². The Morgan fingerprint density at radius 3 is 2.44 bits per heavy atom. The molecule has 0 spiro atoms. The molecule has 0 aromatic heterocycles. The molecule has 0 heterocycles. The van der Waals surface area contributed by atoms with Gasteiger partial charge < -0.3 is 5.11 Å². The van der Waals surface area contributed by atoms with Gasteiger partial charge in [-0.25, -0.2) is 4.39 Å². The fourth-order valence-electron chi connectivity index (χ4n) is 2.22. The Kier molecular flexibility index (Phi) is 2.95. The van der Waals surface area contributed by atoms with Crippen molar-refractivity contribution in [3.63, 3.8) is 0 Å². The Labute approximate surface area is 94.1 Å². The van der Waals surface area contributed by atoms with Crippen LogP contribution in [-0.4, -0.2) is 11.1 Å². The van der Waals surface area contributed by atoms with Gasteiger partial charge in [0.25, 0.3) is 0 Å². The zero-order valence-electron chi connectivity index (χ0n) is 9.08. The van der Waals surface area contributed by atoms with E-state index < -0.39 is 5.97 Å². The Morgan fingerprint density at radius 1 is 1.31 bits per heavy atom. The molecular formula is C13H15FO2. The topological polar surface area (TPSA) is 37.3 Å². The fraction of sp³-hybridized carbons (Fsp3) is 0.462. The lowest BCUT2D eigenvalue weighted by molar-refractivity contribution is -0.137. The first-order chi connectivity index (χ1) is 7.62. The Balaban J connectivity index is 1.97. The molecule has 0 bridgehead atoms. The first-order valence-corrected chi connectivity index (χ1v) is 5.60. The second-order valence-electron chi connectivity index (χ2n) is 4.53. The number of hydrogen-bond acceptors (Lipinski definition) is 1. The number of rotatable bonds is 5. The summed E-state index contributed by atoms with van der Waals surface area (Å²) >= 11 is 0. The molecule has 0 amide bonds. The van der Waals surface area contributed by atoms with Crippen LogP contribution in [0.3, 0.4) is 0 Å². The van der Waals surface area contributed by atoms with Crippen molar-refractivity contribution in [2.24, 2.45) is 0 Å². The molecule has 2 nitrogen and oxygen atoms in total. The van der Waals surface area contributed by atoms with Crippen molar-refractivity contribution in [3.8, 4) is 0 Å². The summed E-state index contributed by atoms with van der Waals surface area (Å²) in [6.07, 6.45) is 4.01. The van der Waals surface area contributed by atoms with Crippen molar-refractivity contribution in [3.05, 3.63) is 35.6 Å². The number of benzene rings is 1. The van der Waals surface area contributed by atoms with Gasteiger partial charge in [-0.15, -0.1) is 0 Å². The molecule has 86 valence electrons. The lowest BCUT2D eigenvalue weighted by Crippen LogP contribution is -2.07. The normalized spacial score (nSPS) is 17.1. The Morgan fingerprint density at radius 2 is 1.94 bits per heavy atom. The number of aliphatic carboxylic acids is 1. The highest BCUT2D eigenvalue weighted by molar-refractivity contribution is 5.66. The average Bonchev–Trinajstić information content (AvgIpc) is 2.99. The van der Waals surface area contributed by atoms with Crippen LogP contribution in [-0.2, 0) is 10.2 Å². The van der Waals surface area contributed by atoms with Crippen molar-refractivity contribution >= 4 is 5.97 Å². The summed E-state index contributed by atoms with van der Waals surface area (Å²) in [7, 11) is 0. The third-order valence-electron chi connectivity index (χ3n) is 3.36. The molecule has 0 aliphatic heterocycles. The van der Waals surface area contributed by atoms with Crippen molar-refractivity contribution in [1.82, 2.24) is 0 Å². The molecule has 2 rings (SSSR count). The third kappa shape index (κ3) is 2.40. The maximum absolute atomic E-state index is 12.8. The van der Waals surface area contributed by atoms with E-state index in [1.54, 1.807) is 0 Å². The van der Waals surface area contributed by atoms with E-state index in [0.717, 1.165) is 24.8 Å². The molecule has 0 unspecified atom stereocenters. The van der Waals surface area contributed by atoms with Gasteiger partial charge in [-0.1, -0.05) is 12.1 Å². The summed E-state index contributed by atoms with van der Waals surface area (Å²) in [5.74, 6) is -0.958. The van der Waals surface area contributed by atoms with Crippen molar-refractivity contribution in [2.75, 3.05) is 0 Å². The zero-order chi connectivity index (χ0) is 11.6. The summed E-state index contributed by atoms with van der Waals surface area (Å²) in [5.41, 5.74) is 1.29. The van der Waals surface area contributed by atoms with Crippen LogP contribution < -0.4 is 0 Å². The second kappa shape index (κ2) is 4.24. The minimum Gasteiger partial charge on any atom is -0.481 e. The molecule has 0 atom stereocenters. The van der Waals surface area contributed by atoms with Crippen LogP contribution in [0.25, 0.3) is 0 Å². The third-order valence-corrected chi connectivity index (χ3v) is 3.36. The highest BCUT2D eigenvalue weighted by Crippen LogP contribution is 2.51. The van der Waals surface area contributed by atoms with Crippen molar-refractivity contribution < 1.29 is 14.3 Å². The van der Waals surface area contributed by atoms with Gasteiger partial charge in [0.05, 0.1) is 0 Å². The molecule has 1 saturated carbocycles. The predicted molar refractivity (Wildman–Crippen MR) is 58.8 cm³/mol. The largest absolute Gasteiger partial charge is 0.481 e. The predicted octanol–water partition coefficient (Wildman–Crippen LogP) is 3.11. The van der Waals surface area contributed by atoms with Gasteiger partial charge in [0.2, 0.25) is 0 Å². The molecule has 1 aromatic rings. The standard InChI is InChI=1S/C13H15FO2/c14-11-5-3-10(4-6-11)13(8-9-13)7-1-2-12(15)16/h3-6H,1-2,7-9H2,(H,15,16). The van der Waals surface area contributed by atoms with Crippen molar-refractivity contribution in [1.29, 1.82) is 0 Å². The minimum absolute atomic E-state index is 0.142. The quantitative estimate of drug-likeness (QED) is 0.831. The summed E-state index contributed by atoms with van der Waals surface area (Å²) in [6.45, 7) is 0. The molecule has 3 heteroatoms. The van der Waals surface area contributed by atoms with Crippen molar-refractivity contribution in [2.45, 2.75) is 37.5 Å². The van der Waals surface area contributed by atoms with Gasteiger partial charge in [0, 0.05) is 6.42 Å². The van der Waals surface area contributed by atoms with E-state index in [1.807, 2.05) is 12.1 Å². The second-order valence-corrected chi connectivity index (χ2v) is 4.53. The zero-order valence-corrected chi connectivity index (χ0v) is 9.08. The van der Waals surface area contributed by atoms with E-state index in [4.69, 9.17) is 5.11 Å². The molecule has 1 aliphatic rings. The Hall–Kier alpha value is -1.38. The molecule has 1 fully saturated rings. The van der Waals surface area contributed by atoms with E-state index in [-0.39, 0.29) is 17.7 Å². The van der Waals surface area contributed by atoms with Crippen LogP contribution in [0, 0.1) is 5.82 Å². The van der Waals surface area contributed by atoms with E-state index in [1.165, 1.54) is 12.1 Å². The average molecular weight is 222 g/mol. The number of carboxylic acids is 1. The summed E-state index contributed by atoms with van der Waals surface area (Å²) in [4.78, 5) is 10.4. The number of halogens is 1. The van der Waals surface area contributed by atoms with Gasteiger partial charge in [-0.3, -0.25) is 4.79 Å². The molecule has 1 N–H and O–H groups in total. The molecule has 0 saturated heterocycles. The smallest absolute Gasteiger partial charge is 0.303 e. The maximum atomic E-state index is 12.8. The van der Waals surface area contributed by atoms with Gasteiger partial charge in [0.1, 0.15) is 5.82 Å². The van der Waals surface area contributed by atoms with Crippen LogP contribution in [0.2, 0.25) is 0 Å². The van der Waals surface area contributed by atoms with Crippen LogP contribution >= 0.6 is 0 Å². The van der Waals surface area contributed by atoms with Crippen LogP contribution in [0.4, 0.5) is 4.39 Å².